The van der Waals surface area contributed by atoms with Crippen LogP contribution in [0, 0.1) is 0 Å². The molecule has 0 saturated carbocycles. The predicted molar refractivity (Wildman–Crippen MR) is 77.5 cm³/mol. The van der Waals surface area contributed by atoms with Gasteiger partial charge in [-0.2, -0.15) is 26.3 Å². The average molecular weight is 397 g/mol. The Hall–Kier alpha value is -2.56. The zero-order valence-electron chi connectivity index (χ0n) is 12.5. The molecule has 2 rings (SSSR count). The molecule has 1 N–H and O–H groups in total. The van der Waals surface area contributed by atoms with Crippen molar-refractivity contribution in [2.75, 3.05) is 0 Å². The highest BCUT2D eigenvalue weighted by molar-refractivity contribution is 7.90. The third-order valence-corrected chi connectivity index (χ3v) is 4.52. The Balaban J connectivity index is 2.25. The number of sulfonamides is 1. The van der Waals surface area contributed by atoms with Crippen molar-refractivity contribution < 1.29 is 39.6 Å². The zero-order valence-corrected chi connectivity index (χ0v) is 13.3. The standard InChI is InChI=1S/C15H9F6NO3S/c16-14(17,18)10-4-6-12(7-5-10)26(24,25)22-13(23)9-2-1-3-11(8-9)15(19,20)21/h1-8H,(H,22,23). The molecule has 0 aromatic heterocycles. The molecule has 0 heterocycles. The van der Waals surface area contributed by atoms with Crippen LogP contribution in [-0.2, 0) is 22.4 Å². The summed E-state index contributed by atoms with van der Waals surface area (Å²) in [6, 6.07) is 5.30. The summed E-state index contributed by atoms with van der Waals surface area (Å²) in [5.41, 5.74) is -2.83. The lowest BCUT2D eigenvalue weighted by Gasteiger charge is -2.11. The topological polar surface area (TPSA) is 63.2 Å². The van der Waals surface area contributed by atoms with Crippen LogP contribution in [0.15, 0.2) is 53.4 Å². The minimum Gasteiger partial charge on any atom is -0.268 e. The Morgan fingerprint density at radius 1 is 0.808 bits per heavy atom. The Kier molecular flexibility index (Phi) is 5.04. The third-order valence-electron chi connectivity index (χ3n) is 3.17. The van der Waals surface area contributed by atoms with E-state index < -0.39 is 49.9 Å². The summed E-state index contributed by atoms with van der Waals surface area (Å²) in [5.74, 6) is -1.35. The fourth-order valence-electron chi connectivity index (χ4n) is 1.90. The molecule has 0 saturated heterocycles. The van der Waals surface area contributed by atoms with Crippen LogP contribution in [0.25, 0.3) is 0 Å². The summed E-state index contributed by atoms with van der Waals surface area (Å²) in [7, 11) is -4.57. The number of rotatable bonds is 3. The molecular formula is C15H9F6NO3S. The number of hydrogen-bond donors (Lipinski definition) is 1. The van der Waals surface area contributed by atoms with Crippen LogP contribution in [0.1, 0.15) is 21.5 Å². The van der Waals surface area contributed by atoms with Gasteiger partial charge >= 0.3 is 12.4 Å². The lowest BCUT2D eigenvalue weighted by molar-refractivity contribution is -0.138. The quantitative estimate of drug-likeness (QED) is 0.801. The van der Waals surface area contributed by atoms with Crippen LogP contribution in [0.5, 0.6) is 0 Å². The fourth-order valence-corrected chi connectivity index (χ4v) is 2.87. The van der Waals surface area contributed by atoms with Crippen molar-refractivity contribution in [1.82, 2.24) is 4.72 Å². The van der Waals surface area contributed by atoms with Crippen molar-refractivity contribution in [3.8, 4) is 0 Å². The summed E-state index contributed by atoms with van der Waals surface area (Å²) in [4.78, 5) is 11.3. The molecule has 140 valence electrons. The molecule has 0 aliphatic carbocycles. The molecule has 2 aromatic carbocycles. The SMILES string of the molecule is O=C(NS(=O)(=O)c1ccc(C(F)(F)F)cc1)c1cccc(C(F)(F)F)c1. The van der Waals surface area contributed by atoms with Crippen molar-refractivity contribution in [1.29, 1.82) is 0 Å². The first kappa shape index (κ1) is 19.8. The van der Waals surface area contributed by atoms with Crippen LogP contribution >= 0.6 is 0 Å². The van der Waals surface area contributed by atoms with Gasteiger partial charge in [0.15, 0.2) is 0 Å². The van der Waals surface area contributed by atoms with E-state index in [0.717, 1.165) is 12.1 Å². The molecule has 2 aromatic rings. The number of benzene rings is 2. The van der Waals surface area contributed by atoms with Gasteiger partial charge in [-0.1, -0.05) is 6.07 Å². The van der Waals surface area contributed by atoms with Crippen molar-refractivity contribution in [2.24, 2.45) is 0 Å². The molecule has 0 aliphatic rings. The molecule has 26 heavy (non-hydrogen) atoms. The minimum atomic E-state index is -4.73. The van der Waals surface area contributed by atoms with Gasteiger partial charge in [-0.25, -0.2) is 13.1 Å². The number of nitrogens with one attached hydrogen (secondary N) is 1. The van der Waals surface area contributed by atoms with Gasteiger partial charge in [0.25, 0.3) is 15.9 Å². The monoisotopic (exact) mass is 397 g/mol. The Morgan fingerprint density at radius 3 is 1.85 bits per heavy atom. The van der Waals surface area contributed by atoms with Crippen molar-refractivity contribution in [3.05, 3.63) is 65.2 Å². The second-order valence-corrected chi connectivity index (χ2v) is 6.72. The van der Waals surface area contributed by atoms with Crippen LogP contribution in [0.4, 0.5) is 26.3 Å². The molecule has 0 bridgehead atoms. The van der Waals surface area contributed by atoms with E-state index in [-0.39, 0.29) is 0 Å². The van der Waals surface area contributed by atoms with E-state index >= 15 is 0 Å². The molecule has 0 atom stereocenters. The van der Waals surface area contributed by atoms with Crippen LogP contribution in [0.3, 0.4) is 0 Å². The van der Waals surface area contributed by atoms with Gasteiger partial charge in [0.1, 0.15) is 0 Å². The summed E-state index contributed by atoms with van der Waals surface area (Å²) in [6.45, 7) is 0. The van der Waals surface area contributed by atoms with E-state index in [0.29, 0.717) is 36.4 Å². The number of halogens is 6. The van der Waals surface area contributed by atoms with Gasteiger partial charge in [-0.3, -0.25) is 4.79 Å². The van der Waals surface area contributed by atoms with Crippen LogP contribution in [0.2, 0.25) is 0 Å². The third kappa shape index (κ3) is 4.54. The normalized spacial score (nSPS) is 12.7. The van der Waals surface area contributed by atoms with Gasteiger partial charge < -0.3 is 0 Å². The number of amides is 1. The average Bonchev–Trinajstić information content (AvgIpc) is 2.53. The van der Waals surface area contributed by atoms with Crippen molar-refractivity contribution in [3.63, 3.8) is 0 Å². The highest BCUT2D eigenvalue weighted by atomic mass is 32.2. The van der Waals surface area contributed by atoms with E-state index in [1.807, 2.05) is 0 Å². The maximum atomic E-state index is 12.6. The number of carbonyl (C=O) groups is 1. The summed E-state index contributed by atoms with van der Waals surface area (Å²) < 4.78 is 101. The predicted octanol–water partition coefficient (Wildman–Crippen LogP) is 3.84. The Morgan fingerprint density at radius 2 is 1.35 bits per heavy atom. The number of hydrogen-bond acceptors (Lipinski definition) is 3. The molecule has 0 unspecified atom stereocenters. The van der Waals surface area contributed by atoms with E-state index in [1.54, 1.807) is 0 Å². The van der Waals surface area contributed by atoms with E-state index in [2.05, 4.69) is 0 Å². The molecular weight excluding hydrogens is 388 g/mol. The zero-order chi connectivity index (χ0) is 19.8. The highest BCUT2D eigenvalue weighted by Crippen LogP contribution is 2.30. The largest absolute Gasteiger partial charge is 0.416 e. The lowest BCUT2D eigenvalue weighted by atomic mass is 10.1. The molecule has 0 fully saturated rings. The van der Waals surface area contributed by atoms with Gasteiger partial charge in [0.05, 0.1) is 16.0 Å². The molecule has 1 amide bonds. The minimum absolute atomic E-state index is 0.456. The first-order valence-electron chi connectivity index (χ1n) is 6.72. The summed E-state index contributed by atoms with van der Waals surface area (Å²) >= 11 is 0. The van der Waals surface area contributed by atoms with E-state index in [9.17, 15) is 39.6 Å². The maximum absolute atomic E-state index is 12.6. The van der Waals surface area contributed by atoms with Gasteiger partial charge in [0, 0.05) is 5.56 Å². The second kappa shape index (κ2) is 6.63. The fraction of sp³-hybridized carbons (Fsp3) is 0.133. The molecule has 0 aliphatic heterocycles. The van der Waals surface area contributed by atoms with Gasteiger partial charge in [-0.05, 0) is 42.5 Å². The lowest BCUT2D eigenvalue weighted by Crippen LogP contribution is -2.30. The first-order chi connectivity index (χ1) is 11.8. The van der Waals surface area contributed by atoms with Crippen LogP contribution < -0.4 is 4.72 Å². The summed E-state index contributed by atoms with van der Waals surface area (Å²) in [6.07, 6.45) is -9.41. The van der Waals surface area contributed by atoms with Gasteiger partial charge in [0.2, 0.25) is 0 Å². The van der Waals surface area contributed by atoms with Crippen molar-refractivity contribution in [2.45, 2.75) is 17.2 Å². The summed E-state index contributed by atoms with van der Waals surface area (Å²) in [5, 5.41) is 0. The Labute approximate surface area is 143 Å². The molecule has 4 nitrogen and oxygen atoms in total. The van der Waals surface area contributed by atoms with Gasteiger partial charge in [-0.15, -0.1) is 0 Å². The molecule has 0 spiro atoms. The second-order valence-electron chi connectivity index (χ2n) is 5.04. The van der Waals surface area contributed by atoms with Crippen molar-refractivity contribution >= 4 is 15.9 Å². The number of alkyl halides is 6. The van der Waals surface area contributed by atoms with Crippen LogP contribution in [-0.4, -0.2) is 14.3 Å². The Bertz CT molecular complexity index is 918. The number of carbonyl (C=O) groups excluding carboxylic acids is 1. The highest BCUT2D eigenvalue weighted by Gasteiger charge is 2.32. The molecule has 11 heteroatoms. The van der Waals surface area contributed by atoms with E-state index in [1.165, 1.54) is 4.72 Å². The maximum Gasteiger partial charge on any atom is 0.416 e. The van der Waals surface area contributed by atoms with E-state index in [4.69, 9.17) is 0 Å². The first-order valence-corrected chi connectivity index (χ1v) is 8.21. The smallest absolute Gasteiger partial charge is 0.268 e. The molecule has 0 radical (unpaired) electrons.